The Labute approximate surface area is 104 Å². The molecule has 0 saturated heterocycles. The maximum absolute atomic E-state index is 11.2. The number of rotatable bonds is 7. The van der Waals surface area contributed by atoms with Crippen LogP contribution in [0.5, 0.6) is 0 Å². The largest absolute Gasteiger partial charge is 0.480 e. The van der Waals surface area contributed by atoms with Gasteiger partial charge in [-0.25, -0.2) is 0 Å². The Bertz CT molecular complexity index is 463. The third-order valence-corrected chi connectivity index (χ3v) is 2.68. The predicted octanol–water partition coefficient (Wildman–Crippen LogP) is 1.14. The van der Waals surface area contributed by atoms with Crippen molar-refractivity contribution in [2.45, 2.75) is 19.4 Å². The second-order valence-corrected chi connectivity index (χ2v) is 3.84. The first-order chi connectivity index (χ1) is 8.57. The van der Waals surface area contributed by atoms with E-state index < -0.39 is 12.0 Å². The van der Waals surface area contributed by atoms with Crippen LogP contribution in [-0.2, 0) is 11.8 Å². The highest BCUT2D eigenvalue weighted by Gasteiger charge is 2.22. The second-order valence-electron chi connectivity index (χ2n) is 3.84. The van der Waals surface area contributed by atoms with Crippen LogP contribution in [0, 0.1) is 6.92 Å². The molecule has 0 amide bonds. The van der Waals surface area contributed by atoms with Gasteiger partial charge in [-0.15, -0.1) is 0 Å². The maximum atomic E-state index is 11.2. The zero-order valence-corrected chi connectivity index (χ0v) is 10.4. The Morgan fingerprint density at radius 3 is 3.00 bits per heavy atom. The average Bonchev–Trinajstić information content (AvgIpc) is 2.65. The van der Waals surface area contributed by atoms with Gasteiger partial charge < -0.3 is 10.4 Å². The van der Waals surface area contributed by atoms with E-state index in [4.69, 9.17) is 5.53 Å². The number of hydrogen-bond acceptors (Lipinski definition) is 4. The Morgan fingerprint density at radius 2 is 2.50 bits per heavy atom. The van der Waals surface area contributed by atoms with Crippen molar-refractivity contribution in [2.24, 2.45) is 12.2 Å². The summed E-state index contributed by atoms with van der Waals surface area (Å²) >= 11 is 0. The molecule has 1 rings (SSSR count). The van der Waals surface area contributed by atoms with Crippen LogP contribution in [0.2, 0.25) is 0 Å². The minimum absolute atomic E-state index is 0.349. The third kappa shape index (κ3) is 3.47. The molecule has 18 heavy (non-hydrogen) atoms. The molecule has 1 heterocycles. The van der Waals surface area contributed by atoms with Gasteiger partial charge in [0.1, 0.15) is 6.04 Å². The standard InChI is InChI=1S/C10H16N6O2/c1-7-8(6-14-16(7)2)9(10(17)18)12-4-3-5-13-15-11/h6,9,12H,3-5H2,1-2H3,(H,17,18). The second kappa shape index (κ2) is 6.63. The number of nitrogens with zero attached hydrogens (tertiary/aromatic N) is 5. The summed E-state index contributed by atoms with van der Waals surface area (Å²) in [5, 5.41) is 19.5. The molecular weight excluding hydrogens is 236 g/mol. The molecule has 1 atom stereocenters. The molecule has 2 N–H and O–H groups in total. The molecule has 0 aliphatic heterocycles. The van der Waals surface area contributed by atoms with Crippen molar-refractivity contribution >= 4 is 5.97 Å². The normalized spacial score (nSPS) is 11.9. The fourth-order valence-corrected chi connectivity index (χ4v) is 1.57. The van der Waals surface area contributed by atoms with Crippen molar-refractivity contribution in [2.75, 3.05) is 13.1 Å². The lowest BCUT2D eigenvalue weighted by Gasteiger charge is -2.13. The monoisotopic (exact) mass is 252 g/mol. The van der Waals surface area contributed by atoms with Crippen LogP contribution in [0.3, 0.4) is 0 Å². The van der Waals surface area contributed by atoms with Gasteiger partial charge in [0.2, 0.25) is 0 Å². The molecular formula is C10H16N6O2. The Balaban J connectivity index is 2.63. The summed E-state index contributed by atoms with van der Waals surface area (Å²) in [6, 6.07) is -0.787. The molecule has 0 saturated carbocycles. The van der Waals surface area contributed by atoms with Gasteiger partial charge in [0, 0.05) is 29.8 Å². The van der Waals surface area contributed by atoms with Crippen LogP contribution < -0.4 is 5.32 Å². The maximum Gasteiger partial charge on any atom is 0.325 e. The summed E-state index contributed by atoms with van der Waals surface area (Å²) in [5.74, 6) is -0.949. The summed E-state index contributed by atoms with van der Waals surface area (Å²) in [4.78, 5) is 13.8. The molecule has 1 aromatic heterocycles. The number of carbonyl (C=O) groups is 1. The third-order valence-electron chi connectivity index (χ3n) is 2.68. The summed E-state index contributed by atoms with van der Waals surface area (Å²) in [6.07, 6.45) is 2.14. The van der Waals surface area contributed by atoms with E-state index in [0.29, 0.717) is 25.1 Å². The number of carboxylic acid groups (broad SMARTS) is 1. The zero-order valence-electron chi connectivity index (χ0n) is 10.4. The van der Waals surface area contributed by atoms with Gasteiger partial charge in [0.25, 0.3) is 0 Å². The van der Waals surface area contributed by atoms with E-state index in [2.05, 4.69) is 20.4 Å². The fourth-order valence-electron chi connectivity index (χ4n) is 1.57. The summed E-state index contributed by atoms with van der Waals surface area (Å²) in [6.45, 7) is 2.63. The predicted molar refractivity (Wildman–Crippen MR) is 65.0 cm³/mol. The average molecular weight is 252 g/mol. The van der Waals surface area contributed by atoms with Gasteiger partial charge in [-0.2, -0.15) is 5.10 Å². The number of nitrogens with one attached hydrogen (secondary N) is 1. The molecule has 0 aliphatic carbocycles. The highest BCUT2D eigenvalue weighted by Crippen LogP contribution is 2.16. The molecule has 98 valence electrons. The van der Waals surface area contributed by atoms with E-state index in [1.165, 1.54) is 0 Å². The van der Waals surface area contributed by atoms with Crippen molar-refractivity contribution in [3.8, 4) is 0 Å². The Morgan fingerprint density at radius 1 is 1.78 bits per heavy atom. The smallest absolute Gasteiger partial charge is 0.325 e. The molecule has 0 aromatic carbocycles. The first-order valence-corrected chi connectivity index (χ1v) is 5.53. The summed E-state index contributed by atoms with van der Waals surface area (Å²) in [5.41, 5.74) is 9.57. The SMILES string of the molecule is Cc1c(C(NCCCN=[N+]=[N-])C(=O)O)cnn1C. The topological polar surface area (TPSA) is 116 Å². The molecule has 1 aromatic rings. The van der Waals surface area contributed by atoms with Crippen molar-refractivity contribution in [1.29, 1.82) is 0 Å². The number of aliphatic carboxylic acids is 1. The van der Waals surface area contributed by atoms with Crippen LogP contribution in [0.1, 0.15) is 23.7 Å². The highest BCUT2D eigenvalue weighted by molar-refractivity contribution is 5.75. The molecule has 8 heteroatoms. The highest BCUT2D eigenvalue weighted by atomic mass is 16.4. The molecule has 8 nitrogen and oxygen atoms in total. The van der Waals surface area contributed by atoms with Gasteiger partial charge in [0.15, 0.2) is 0 Å². The minimum atomic E-state index is -0.949. The fraction of sp³-hybridized carbons (Fsp3) is 0.600. The summed E-state index contributed by atoms with van der Waals surface area (Å²) in [7, 11) is 1.76. The number of hydrogen-bond donors (Lipinski definition) is 2. The quantitative estimate of drug-likeness (QED) is 0.327. The number of aromatic nitrogens is 2. The van der Waals surface area contributed by atoms with Crippen molar-refractivity contribution in [1.82, 2.24) is 15.1 Å². The van der Waals surface area contributed by atoms with Crippen molar-refractivity contribution in [3.05, 3.63) is 27.9 Å². The first kappa shape index (κ1) is 14.0. The van der Waals surface area contributed by atoms with Gasteiger partial charge in [0.05, 0.1) is 6.20 Å². The van der Waals surface area contributed by atoms with E-state index in [-0.39, 0.29) is 0 Å². The molecule has 0 bridgehead atoms. The first-order valence-electron chi connectivity index (χ1n) is 5.53. The molecule has 1 unspecified atom stereocenters. The van der Waals surface area contributed by atoms with Crippen molar-refractivity contribution in [3.63, 3.8) is 0 Å². The van der Waals surface area contributed by atoms with Crippen molar-refractivity contribution < 1.29 is 9.90 Å². The molecule has 0 aliphatic rings. The molecule has 0 spiro atoms. The Kier molecular flexibility index (Phi) is 5.16. The lowest BCUT2D eigenvalue weighted by Crippen LogP contribution is -2.30. The zero-order chi connectivity index (χ0) is 13.5. The minimum Gasteiger partial charge on any atom is -0.480 e. The number of carboxylic acids is 1. The van der Waals surface area contributed by atoms with Gasteiger partial charge in [-0.1, -0.05) is 5.11 Å². The molecule has 0 radical (unpaired) electrons. The van der Waals surface area contributed by atoms with E-state index in [1.807, 2.05) is 6.92 Å². The summed E-state index contributed by atoms with van der Waals surface area (Å²) < 4.78 is 1.63. The van der Waals surface area contributed by atoms with Gasteiger partial charge >= 0.3 is 5.97 Å². The van der Waals surface area contributed by atoms with Gasteiger partial charge in [-0.3, -0.25) is 9.48 Å². The lowest BCUT2D eigenvalue weighted by atomic mass is 10.1. The van der Waals surface area contributed by atoms with Gasteiger partial charge in [-0.05, 0) is 25.4 Å². The van der Waals surface area contributed by atoms with E-state index in [0.717, 1.165) is 5.69 Å². The van der Waals surface area contributed by atoms with Crippen LogP contribution in [0.25, 0.3) is 10.4 Å². The van der Waals surface area contributed by atoms with E-state index in [9.17, 15) is 9.90 Å². The Hall–Kier alpha value is -2.05. The van der Waals surface area contributed by atoms with Crippen LogP contribution >= 0.6 is 0 Å². The number of aryl methyl sites for hydroxylation is 1. The molecule has 0 fully saturated rings. The lowest BCUT2D eigenvalue weighted by molar-refractivity contribution is -0.139. The van der Waals surface area contributed by atoms with E-state index in [1.54, 1.807) is 17.9 Å². The number of azide groups is 1. The van der Waals surface area contributed by atoms with Crippen LogP contribution in [0.4, 0.5) is 0 Å². The van der Waals surface area contributed by atoms with Crippen LogP contribution in [-0.4, -0.2) is 33.9 Å². The van der Waals surface area contributed by atoms with E-state index >= 15 is 0 Å². The van der Waals surface area contributed by atoms with Crippen LogP contribution in [0.15, 0.2) is 11.3 Å².